The van der Waals surface area contributed by atoms with E-state index >= 15 is 0 Å². The summed E-state index contributed by atoms with van der Waals surface area (Å²) < 4.78 is 5.90. The number of benzene rings is 2. The molecule has 4 nitrogen and oxygen atoms in total. The number of ether oxygens (including phenoxy) is 1. The highest BCUT2D eigenvalue weighted by Crippen LogP contribution is 2.24. The monoisotopic (exact) mass is 556 g/mol. The summed E-state index contributed by atoms with van der Waals surface area (Å²) in [6, 6.07) is 13.6. The van der Waals surface area contributed by atoms with E-state index in [-0.39, 0.29) is 12.3 Å². The molecule has 1 amide bonds. The van der Waals surface area contributed by atoms with Crippen molar-refractivity contribution in [1.29, 1.82) is 0 Å². The summed E-state index contributed by atoms with van der Waals surface area (Å²) in [7, 11) is 0. The number of unbranched alkanes of at least 4 members (excludes halogenated alkanes) is 11. The second-order valence-corrected chi connectivity index (χ2v) is 11.5. The van der Waals surface area contributed by atoms with Gasteiger partial charge in [-0.2, -0.15) is 0 Å². The van der Waals surface area contributed by atoms with Gasteiger partial charge in [-0.05, 0) is 47.2 Å². The lowest BCUT2D eigenvalue weighted by Crippen LogP contribution is -2.15. The normalized spacial score (nSPS) is 12.7. The molecule has 0 bridgehead atoms. The van der Waals surface area contributed by atoms with E-state index in [9.17, 15) is 4.79 Å². The van der Waals surface area contributed by atoms with Gasteiger partial charge in [-0.25, -0.2) is 0 Å². The van der Waals surface area contributed by atoms with Gasteiger partial charge in [-0.1, -0.05) is 107 Å². The summed E-state index contributed by atoms with van der Waals surface area (Å²) in [5, 5.41) is 5.65. The van der Waals surface area contributed by atoms with Crippen LogP contribution in [-0.4, -0.2) is 23.3 Å². The van der Waals surface area contributed by atoms with Crippen LogP contribution in [0.2, 0.25) is 5.02 Å². The van der Waals surface area contributed by atoms with Crippen molar-refractivity contribution in [3.05, 3.63) is 70.2 Å². The van der Waals surface area contributed by atoms with Gasteiger partial charge in [0.25, 0.3) is 0 Å². The zero-order valence-corrected chi connectivity index (χ0v) is 24.6. The van der Waals surface area contributed by atoms with Crippen LogP contribution in [0.1, 0.15) is 95.1 Å². The molecule has 0 radical (unpaired) electrons. The predicted molar refractivity (Wildman–Crippen MR) is 164 cm³/mol. The Kier molecular flexibility index (Phi) is 14.6. The number of thioether (sulfide) groups is 1. The summed E-state index contributed by atoms with van der Waals surface area (Å²) >= 11 is 8.26. The van der Waals surface area contributed by atoms with E-state index in [4.69, 9.17) is 16.3 Å². The average molecular weight is 557 g/mol. The van der Waals surface area contributed by atoms with Gasteiger partial charge in [0, 0.05) is 23.5 Å². The van der Waals surface area contributed by atoms with Crippen molar-refractivity contribution in [3.8, 4) is 5.75 Å². The molecule has 1 aliphatic heterocycles. The first-order valence-electron chi connectivity index (χ1n) is 14.5. The Hall–Kier alpha value is -2.11. The molecule has 0 spiro atoms. The third-order valence-electron chi connectivity index (χ3n) is 6.87. The van der Waals surface area contributed by atoms with E-state index < -0.39 is 0 Å². The predicted octanol–water partition coefficient (Wildman–Crippen LogP) is 9.58. The van der Waals surface area contributed by atoms with Crippen molar-refractivity contribution in [2.75, 3.05) is 17.8 Å². The molecule has 2 aromatic rings. The Morgan fingerprint density at radius 1 is 0.921 bits per heavy atom. The lowest BCUT2D eigenvalue weighted by atomic mass is 10.1. The molecule has 38 heavy (non-hydrogen) atoms. The number of hydrogen-bond donors (Lipinski definition) is 1. The van der Waals surface area contributed by atoms with Crippen LogP contribution in [0, 0.1) is 0 Å². The molecule has 6 heteroatoms. The third-order valence-corrected chi connectivity index (χ3v) is 8.02. The second-order valence-electron chi connectivity index (χ2n) is 10.2. The molecule has 0 atom stereocenters. The molecule has 0 unspecified atom stereocenters. The van der Waals surface area contributed by atoms with Crippen LogP contribution < -0.4 is 10.1 Å². The minimum absolute atomic E-state index is 0.0799. The Labute approximate surface area is 239 Å². The molecule has 1 N–H and O–H groups in total. The van der Waals surface area contributed by atoms with E-state index in [0.717, 1.165) is 35.8 Å². The average Bonchev–Trinajstić information content (AvgIpc) is 3.42. The number of hydrogen-bond acceptors (Lipinski definition) is 4. The van der Waals surface area contributed by atoms with Crippen molar-refractivity contribution in [1.82, 2.24) is 4.90 Å². The van der Waals surface area contributed by atoms with Gasteiger partial charge in [0.15, 0.2) is 0 Å². The van der Waals surface area contributed by atoms with Crippen molar-refractivity contribution in [2.24, 2.45) is 0 Å². The van der Waals surface area contributed by atoms with Crippen molar-refractivity contribution in [3.63, 3.8) is 0 Å². The summed E-state index contributed by atoms with van der Waals surface area (Å²) in [5.74, 6) is 1.68. The molecule has 1 aliphatic rings. The van der Waals surface area contributed by atoms with Crippen molar-refractivity contribution in [2.45, 2.75) is 96.9 Å². The molecule has 0 saturated heterocycles. The first-order chi connectivity index (χ1) is 18.6. The second kappa shape index (κ2) is 18.2. The molecule has 208 valence electrons. The molecule has 0 fully saturated rings. The number of nitrogens with zero attached hydrogens (tertiary/aromatic N) is 1. The molecular weight excluding hydrogens is 512 g/mol. The number of amides is 1. The maximum atomic E-state index is 12.6. The topological polar surface area (TPSA) is 41.6 Å². The quantitative estimate of drug-likeness (QED) is 0.175. The number of halogens is 1. The van der Waals surface area contributed by atoms with Gasteiger partial charge < -0.3 is 15.0 Å². The first kappa shape index (κ1) is 30.4. The van der Waals surface area contributed by atoms with E-state index in [1.54, 1.807) is 11.8 Å². The van der Waals surface area contributed by atoms with Crippen LogP contribution in [-0.2, 0) is 17.8 Å². The zero-order chi connectivity index (χ0) is 26.8. The number of nitrogens with one attached hydrogen (secondary N) is 1. The van der Waals surface area contributed by atoms with E-state index in [2.05, 4.69) is 40.9 Å². The Balaban J connectivity index is 1.26. The van der Waals surface area contributed by atoms with Crippen LogP contribution >= 0.6 is 23.4 Å². The SMILES string of the molecule is CCCCCCCCCCCCCCOc1ccc(CC(=O)Nc2ccc(CN3C=CSC3)cc2)c(Cl)c1. The van der Waals surface area contributed by atoms with Crippen LogP contribution in [0.4, 0.5) is 5.69 Å². The van der Waals surface area contributed by atoms with Crippen molar-refractivity contribution >= 4 is 35.0 Å². The maximum absolute atomic E-state index is 12.6. The third kappa shape index (κ3) is 12.2. The lowest BCUT2D eigenvalue weighted by Gasteiger charge is -2.15. The Morgan fingerprint density at radius 3 is 2.18 bits per heavy atom. The summed E-state index contributed by atoms with van der Waals surface area (Å²) in [6.07, 6.45) is 18.3. The molecular formula is C32H45ClN2O2S. The summed E-state index contributed by atoms with van der Waals surface area (Å²) in [6.45, 7) is 3.85. The van der Waals surface area contributed by atoms with E-state index in [0.29, 0.717) is 11.6 Å². The van der Waals surface area contributed by atoms with Crippen LogP contribution in [0.15, 0.2) is 54.1 Å². The van der Waals surface area contributed by atoms with Crippen molar-refractivity contribution < 1.29 is 9.53 Å². The van der Waals surface area contributed by atoms with Gasteiger partial charge in [0.2, 0.25) is 5.91 Å². The lowest BCUT2D eigenvalue weighted by molar-refractivity contribution is -0.115. The smallest absolute Gasteiger partial charge is 0.228 e. The number of anilines is 1. The number of carbonyl (C=O) groups excluding carboxylic acids is 1. The zero-order valence-electron chi connectivity index (χ0n) is 23.1. The summed E-state index contributed by atoms with van der Waals surface area (Å²) in [4.78, 5) is 14.8. The molecule has 3 rings (SSSR count). The number of rotatable bonds is 19. The largest absolute Gasteiger partial charge is 0.494 e. The number of carbonyl (C=O) groups is 1. The van der Waals surface area contributed by atoms with E-state index in [1.807, 2.05) is 30.3 Å². The highest BCUT2D eigenvalue weighted by Gasteiger charge is 2.10. The van der Waals surface area contributed by atoms with Crippen LogP contribution in [0.25, 0.3) is 0 Å². The first-order valence-corrected chi connectivity index (χ1v) is 15.9. The Morgan fingerprint density at radius 2 is 1.58 bits per heavy atom. The van der Waals surface area contributed by atoms with Gasteiger partial charge in [0.05, 0.1) is 18.9 Å². The fourth-order valence-corrected chi connectivity index (χ4v) is 5.56. The Bertz CT molecular complexity index is 980. The fourth-order valence-electron chi connectivity index (χ4n) is 4.61. The van der Waals surface area contributed by atoms with Gasteiger partial charge >= 0.3 is 0 Å². The molecule has 0 aromatic heterocycles. The molecule has 1 heterocycles. The highest BCUT2D eigenvalue weighted by molar-refractivity contribution is 8.02. The summed E-state index contributed by atoms with van der Waals surface area (Å²) in [5.41, 5.74) is 2.82. The molecule has 2 aromatic carbocycles. The molecule has 0 aliphatic carbocycles. The van der Waals surface area contributed by atoms with Crippen LogP contribution in [0.3, 0.4) is 0 Å². The van der Waals surface area contributed by atoms with E-state index in [1.165, 1.54) is 76.2 Å². The van der Waals surface area contributed by atoms with Gasteiger partial charge in [-0.15, -0.1) is 11.8 Å². The maximum Gasteiger partial charge on any atom is 0.228 e. The van der Waals surface area contributed by atoms with Gasteiger partial charge in [0.1, 0.15) is 5.75 Å². The highest BCUT2D eigenvalue weighted by atomic mass is 35.5. The fraction of sp³-hybridized carbons (Fsp3) is 0.531. The minimum atomic E-state index is -0.0799. The van der Waals surface area contributed by atoms with Gasteiger partial charge in [-0.3, -0.25) is 4.79 Å². The molecule has 0 saturated carbocycles. The standard InChI is InChI=1S/C32H45ClN2O2S/c1-2-3-4-5-6-7-8-9-10-11-12-13-21-37-30-19-16-28(31(33)24-30)23-32(36)34-29-17-14-27(15-18-29)25-35-20-22-38-26-35/h14-20,22,24H,2-13,21,23,25-26H2,1H3,(H,34,36). The van der Waals surface area contributed by atoms with Crippen LogP contribution in [0.5, 0.6) is 5.75 Å². The minimum Gasteiger partial charge on any atom is -0.494 e.